The molecule has 146 valence electrons. The predicted molar refractivity (Wildman–Crippen MR) is 97.0 cm³/mol. The van der Waals surface area contributed by atoms with Crippen molar-refractivity contribution in [1.82, 2.24) is 10.2 Å². The van der Waals surface area contributed by atoms with Gasteiger partial charge in [-0.15, -0.1) is 0 Å². The zero-order chi connectivity index (χ0) is 19.2. The Morgan fingerprint density at radius 2 is 1.85 bits per heavy atom. The number of carbonyl (C=O) groups excluding carboxylic acids is 1. The van der Waals surface area contributed by atoms with Crippen LogP contribution in [0, 0.1) is 5.92 Å². The molecule has 1 aliphatic heterocycles. The van der Waals surface area contributed by atoms with Gasteiger partial charge in [0.2, 0.25) is 5.91 Å². The molecule has 1 aliphatic rings. The lowest BCUT2D eigenvalue weighted by Crippen LogP contribution is -2.37. The second-order valence-corrected chi connectivity index (χ2v) is 7.22. The van der Waals surface area contributed by atoms with Crippen LogP contribution in [0.2, 0.25) is 0 Å². The summed E-state index contributed by atoms with van der Waals surface area (Å²) in [5, 5.41) is 5.70. The molecule has 0 spiro atoms. The van der Waals surface area contributed by atoms with Crippen LogP contribution < -0.4 is 10.6 Å². The number of hydrogen-bond donors (Lipinski definition) is 2. The number of benzene rings is 1. The van der Waals surface area contributed by atoms with Crippen LogP contribution in [0.15, 0.2) is 24.3 Å². The summed E-state index contributed by atoms with van der Waals surface area (Å²) in [6.45, 7) is 8.16. The van der Waals surface area contributed by atoms with Crippen LogP contribution in [-0.4, -0.2) is 43.0 Å². The molecule has 0 bridgehead atoms. The lowest BCUT2D eigenvalue weighted by atomic mass is 10.1. The average molecular weight is 371 g/mol. The first kappa shape index (κ1) is 20.7. The van der Waals surface area contributed by atoms with E-state index >= 15 is 0 Å². The van der Waals surface area contributed by atoms with Gasteiger partial charge in [-0.3, -0.25) is 4.79 Å². The highest BCUT2D eigenvalue weighted by Gasteiger charge is 2.33. The van der Waals surface area contributed by atoms with Crippen LogP contribution in [0.5, 0.6) is 0 Å². The van der Waals surface area contributed by atoms with Crippen molar-refractivity contribution in [2.24, 2.45) is 5.92 Å². The highest BCUT2D eigenvalue weighted by Crippen LogP contribution is 2.34. The Labute approximate surface area is 153 Å². The van der Waals surface area contributed by atoms with Gasteiger partial charge in [-0.2, -0.15) is 13.2 Å². The number of hydrogen-bond acceptors (Lipinski definition) is 3. The highest BCUT2D eigenvalue weighted by atomic mass is 19.4. The van der Waals surface area contributed by atoms with E-state index in [-0.39, 0.29) is 18.2 Å². The van der Waals surface area contributed by atoms with Crippen LogP contribution in [-0.2, 0) is 11.0 Å². The van der Waals surface area contributed by atoms with Crippen molar-refractivity contribution in [2.75, 3.05) is 31.5 Å². The molecule has 1 amide bonds. The molecule has 1 saturated heterocycles. The maximum atomic E-state index is 13.0. The van der Waals surface area contributed by atoms with Gasteiger partial charge in [0.05, 0.1) is 11.3 Å². The molecule has 1 aromatic carbocycles. The molecule has 2 atom stereocenters. The first-order chi connectivity index (χ1) is 12.3. The number of alkyl halides is 3. The Morgan fingerprint density at radius 1 is 1.19 bits per heavy atom. The van der Waals surface area contributed by atoms with Crippen molar-refractivity contribution in [1.29, 1.82) is 0 Å². The molecule has 1 heterocycles. The molecular formula is C19H28F3N3O. The number of nitrogens with one attached hydrogen (secondary N) is 2. The predicted octanol–water partition coefficient (Wildman–Crippen LogP) is 3.74. The third-order valence-corrected chi connectivity index (χ3v) is 4.58. The topological polar surface area (TPSA) is 44.4 Å². The van der Waals surface area contributed by atoms with Crippen LogP contribution in [0.4, 0.5) is 18.9 Å². The van der Waals surface area contributed by atoms with E-state index in [1.54, 1.807) is 0 Å². The van der Waals surface area contributed by atoms with Crippen molar-refractivity contribution >= 4 is 11.6 Å². The molecule has 0 saturated carbocycles. The molecule has 0 radical (unpaired) electrons. The summed E-state index contributed by atoms with van der Waals surface area (Å²) in [6.07, 6.45) is -1.84. The fourth-order valence-corrected chi connectivity index (χ4v) is 3.26. The second-order valence-electron chi connectivity index (χ2n) is 7.22. The monoisotopic (exact) mass is 371 g/mol. The Kier molecular flexibility index (Phi) is 7.46. The number of amides is 1. The Morgan fingerprint density at radius 3 is 2.50 bits per heavy atom. The Hall–Kier alpha value is -1.60. The van der Waals surface area contributed by atoms with Crippen LogP contribution in [0.1, 0.15) is 38.7 Å². The minimum absolute atomic E-state index is 0.103. The van der Waals surface area contributed by atoms with Crippen LogP contribution in [0.3, 0.4) is 0 Å². The van der Waals surface area contributed by atoms with E-state index in [0.717, 1.165) is 32.2 Å². The summed E-state index contributed by atoms with van der Waals surface area (Å²) in [5.41, 5.74) is -1.02. The third kappa shape index (κ3) is 6.61. The van der Waals surface area contributed by atoms with E-state index in [0.29, 0.717) is 5.92 Å². The summed E-state index contributed by atoms with van der Waals surface area (Å²) in [6, 6.07) is 4.93. The quantitative estimate of drug-likeness (QED) is 0.732. The average Bonchev–Trinajstić information content (AvgIpc) is 3.05. The minimum atomic E-state index is -4.49. The fraction of sp³-hybridized carbons (Fsp3) is 0.632. The van der Waals surface area contributed by atoms with Crippen molar-refractivity contribution < 1.29 is 18.0 Å². The molecule has 4 nitrogen and oxygen atoms in total. The molecule has 26 heavy (non-hydrogen) atoms. The van der Waals surface area contributed by atoms with E-state index in [2.05, 4.69) is 22.5 Å². The maximum Gasteiger partial charge on any atom is 0.418 e. The van der Waals surface area contributed by atoms with E-state index in [1.807, 2.05) is 6.92 Å². The summed E-state index contributed by atoms with van der Waals surface area (Å²) in [7, 11) is 0. The van der Waals surface area contributed by atoms with E-state index in [1.165, 1.54) is 31.0 Å². The molecular weight excluding hydrogens is 343 g/mol. The number of para-hydroxylation sites is 1. The van der Waals surface area contributed by atoms with Gasteiger partial charge in [-0.1, -0.05) is 19.1 Å². The zero-order valence-corrected chi connectivity index (χ0v) is 15.4. The Bertz CT molecular complexity index is 586. The normalized spacial score (nSPS) is 17.9. The molecule has 1 fully saturated rings. The van der Waals surface area contributed by atoms with Gasteiger partial charge in [0.15, 0.2) is 0 Å². The number of halogens is 3. The van der Waals surface area contributed by atoms with E-state index in [4.69, 9.17) is 0 Å². The van der Waals surface area contributed by atoms with Crippen molar-refractivity contribution in [3.8, 4) is 0 Å². The third-order valence-electron chi connectivity index (χ3n) is 4.58. The number of rotatable bonds is 8. The first-order valence-corrected chi connectivity index (χ1v) is 9.17. The SMILES string of the molecule is CC(CNC(C)CC(=O)Nc1ccccc1C(F)(F)F)CN1CCCC1. The Balaban J connectivity index is 1.77. The molecule has 0 aromatic heterocycles. The van der Waals surface area contributed by atoms with Gasteiger partial charge in [0.25, 0.3) is 0 Å². The standard InChI is InChI=1S/C19H28F3N3O/c1-14(13-25-9-5-6-10-25)12-23-15(2)11-18(26)24-17-8-4-3-7-16(17)19(20,21)22/h3-4,7-8,14-15,23H,5-6,9-13H2,1-2H3,(H,24,26). The van der Waals surface area contributed by atoms with Gasteiger partial charge in [0, 0.05) is 19.0 Å². The maximum absolute atomic E-state index is 13.0. The lowest BCUT2D eigenvalue weighted by Gasteiger charge is -2.22. The first-order valence-electron chi connectivity index (χ1n) is 9.17. The number of anilines is 1. The molecule has 2 unspecified atom stereocenters. The molecule has 2 N–H and O–H groups in total. The van der Waals surface area contributed by atoms with E-state index < -0.39 is 17.6 Å². The summed E-state index contributed by atoms with van der Waals surface area (Å²) in [4.78, 5) is 14.5. The summed E-state index contributed by atoms with van der Waals surface area (Å²) >= 11 is 0. The summed E-state index contributed by atoms with van der Waals surface area (Å²) in [5.74, 6) is 0.0402. The van der Waals surface area contributed by atoms with Gasteiger partial charge < -0.3 is 15.5 Å². The number of nitrogens with zero attached hydrogens (tertiary/aromatic N) is 1. The van der Waals surface area contributed by atoms with Gasteiger partial charge in [-0.25, -0.2) is 0 Å². The molecule has 2 rings (SSSR count). The highest BCUT2D eigenvalue weighted by molar-refractivity contribution is 5.92. The number of carbonyl (C=O) groups is 1. The van der Waals surface area contributed by atoms with Gasteiger partial charge >= 0.3 is 6.18 Å². The summed E-state index contributed by atoms with van der Waals surface area (Å²) < 4.78 is 38.9. The molecule has 0 aliphatic carbocycles. The second kappa shape index (κ2) is 9.37. The van der Waals surface area contributed by atoms with Crippen LogP contribution in [0.25, 0.3) is 0 Å². The smallest absolute Gasteiger partial charge is 0.325 e. The van der Waals surface area contributed by atoms with Gasteiger partial charge in [0.1, 0.15) is 0 Å². The zero-order valence-electron chi connectivity index (χ0n) is 15.4. The number of likely N-dealkylation sites (tertiary alicyclic amines) is 1. The molecule has 1 aromatic rings. The van der Waals surface area contributed by atoms with Gasteiger partial charge in [-0.05, 0) is 57.5 Å². The molecule has 7 heteroatoms. The van der Waals surface area contributed by atoms with Crippen LogP contribution >= 0.6 is 0 Å². The van der Waals surface area contributed by atoms with Crippen molar-refractivity contribution in [3.05, 3.63) is 29.8 Å². The largest absolute Gasteiger partial charge is 0.418 e. The van der Waals surface area contributed by atoms with Crippen molar-refractivity contribution in [3.63, 3.8) is 0 Å². The lowest BCUT2D eigenvalue weighted by molar-refractivity contribution is -0.137. The fourth-order valence-electron chi connectivity index (χ4n) is 3.26. The minimum Gasteiger partial charge on any atom is -0.325 e. The van der Waals surface area contributed by atoms with E-state index in [9.17, 15) is 18.0 Å². The van der Waals surface area contributed by atoms with Crippen molar-refractivity contribution in [2.45, 2.75) is 45.3 Å².